The molecule has 2 N–H and O–H groups in total. The smallest absolute Gasteiger partial charge is 0.394 e. The summed E-state index contributed by atoms with van der Waals surface area (Å²) in [4.78, 5) is 24.7. The van der Waals surface area contributed by atoms with Crippen LogP contribution in [0.2, 0.25) is 0 Å². The highest BCUT2D eigenvalue weighted by molar-refractivity contribution is 7.10. The zero-order valence-electron chi connectivity index (χ0n) is 11.7. The first-order valence-electron chi connectivity index (χ1n) is 6.55. The number of carbonyl (C=O) groups is 2. The molecule has 22 heavy (non-hydrogen) atoms. The molecule has 0 unspecified atom stereocenters. The maximum Gasteiger partial charge on any atom is 0.394 e. The Hall–Kier alpha value is -1.77. The fraction of sp³-hybridized carbons (Fsp3) is 0.538. The zero-order valence-corrected chi connectivity index (χ0v) is 12.5. The maximum atomic E-state index is 12.8. The summed E-state index contributed by atoms with van der Waals surface area (Å²) in [5.74, 6) is -5.18. The molecule has 9 heteroatoms. The number of amides is 2. The molecule has 0 bridgehead atoms. The number of hydrogen-bond acceptors (Lipinski definition) is 3. The van der Waals surface area contributed by atoms with Gasteiger partial charge in [-0.3, -0.25) is 4.79 Å². The van der Waals surface area contributed by atoms with Crippen molar-refractivity contribution in [2.24, 2.45) is 11.8 Å². The Morgan fingerprint density at radius 1 is 1.45 bits per heavy atom. The van der Waals surface area contributed by atoms with Crippen LogP contribution >= 0.6 is 11.3 Å². The Bertz CT molecular complexity index is 573. The van der Waals surface area contributed by atoms with E-state index < -0.39 is 43.1 Å². The van der Waals surface area contributed by atoms with Gasteiger partial charge in [-0.25, -0.2) is 4.79 Å². The topological polar surface area (TPSA) is 69.6 Å². The van der Waals surface area contributed by atoms with Gasteiger partial charge in [0, 0.05) is 18.0 Å². The van der Waals surface area contributed by atoms with Gasteiger partial charge in [0.1, 0.15) is 0 Å². The third kappa shape index (κ3) is 3.52. The lowest BCUT2D eigenvalue weighted by molar-refractivity contribution is -0.187. The largest absolute Gasteiger partial charge is 0.481 e. The van der Waals surface area contributed by atoms with Gasteiger partial charge in [-0.05, 0) is 23.9 Å². The van der Waals surface area contributed by atoms with E-state index in [1.54, 1.807) is 0 Å². The van der Waals surface area contributed by atoms with Crippen molar-refractivity contribution < 1.29 is 27.9 Å². The van der Waals surface area contributed by atoms with Crippen molar-refractivity contribution in [1.82, 2.24) is 10.2 Å². The van der Waals surface area contributed by atoms with Gasteiger partial charge in [0.25, 0.3) is 0 Å². The van der Waals surface area contributed by atoms with Crippen LogP contribution in [0.25, 0.3) is 0 Å². The van der Waals surface area contributed by atoms with E-state index in [-0.39, 0.29) is 6.54 Å². The molecule has 0 radical (unpaired) electrons. The Morgan fingerprint density at radius 3 is 2.59 bits per heavy atom. The zero-order chi connectivity index (χ0) is 16.5. The molecule has 122 valence electrons. The number of rotatable bonds is 3. The molecule has 0 aromatic carbocycles. The van der Waals surface area contributed by atoms with Gasteiger partial charge in [0.05, 0.1) is 18.4 Å². The van der Waals surface area contributed by atoms with Crippen LogP contribution in [0.1, 0.15) is 10.4 Å². The molecule has 2 heterocycles. The van der Waals surface area contributed by atoms with Crippen molar-refractivity contribution in [1.29, 1.82) is 0 Å². The normalized spacial score (nSPS) is 21.9. The molecule has 1 saturated heterocycles. The number of carboxylic acids is 1. The highest BCUT2D eigenvalue weighted by Crippen LogP contribution is 2.37. The molecule has 1 aromatic rings. The lowest BCUT2D eigenvalue weighted by Gasteiger charge is -2.18. The maximum absolute atomic E-state index is 12.8. The van der Waals surface area contributed by atoms with Crippen LogP contribution in [0.5, 0.6) is 0 Å². The second kappa shape index (κ2) is 6.15. The summed E-state index contributed by atoms with van der Waals surface area (Å²) in [5.41, 5.74) is 0.989. The van der Waals surface area contributed by atoms with E-state index in [1.165, 1.54) is 11.3 Å². The van der Waals surface area contributed by atoms with E-state index in [0.29, 0.717) is 0 Å². The number of nitrogens with one attached hydrogen (secondary N) is 1. The van der Waals surface area contributed by atoms with E-state index in [4.69, 9.17) is 5.11 Å². The van der Waals surface area contributed by atoms with Crippen LogP contribution in [-0.2, 0) is 11.3 Å². The first-order valence-corrected chi connectivity index (χ1v) is 7.43. The molecule has 1 aliphatic heterocycles. The molecule has 0 spiro atoms. The number of alkyl halides is 3. The van der Waals surface area contributed by atoms with E-state index in [2.05, 4.69) is 5.32 Å². The van der Waals surface area contributed by atoms with Crippen molar-refractivity contribution in [3.63, 3.8) is 0 Å². The first-order chi connectivity index (χ1) is 10.2. The highest BCUT2D eigenvalue weighted by Gasteiger charge is 2.53. The number of urea groups is 1. The predicted molar refractivity (Wildman–Crippen MR) is 73.5 cm³/mol. The fourth-order valence-corrected chi connectivity index (χ4v) is 3.25. The fourth-order valence-electron chi connectivity index (χ4n) is 2.40. The predicted octanol–water partition coefficient (Wildman–Crippen LogP) is 2.46. The number of thiophene rings is 1. The van der Waals surface area contributed by atoms with E-state index in [1.807, 2.05) is 18.4 Å². The van der Waals surface area contributed by atoms with E-state index >= 15 is 0 Å². The van der Waals surface area contributed by atoms with Crippen LogP contribution in [0.3, 0.4) is 0 Å². The minimum atomic E-state index is -4.64. The monoisotopic (exact) mass is 336 g/mol. The van der Waals surface area contributed by atoms with Crippen molar-refractivity contribution in [2.75, 3.05) is 13.1 Å². The number of hydrogen-bond donors (Lipinski definition) is 2. The molecule has 2 rings (SSSR count). The van der Waals surface area contributed by atoms with Crippen LogP contribution in [0, 0.1) is 18.8 Å². The second-order valence-corrected chi connectivity index (χ2v) is 6.18. The lowest BCUT2D eigenvalue weighted by atomic mass is 9.96. The third-order valence-electron chi connectivity index (χ3n) is 3.71. The summed E-state index contributed by atoms with van der Waals surface area (Å²) in [7, 11) is 0. The lowest BCUT2D eigenvalue weighted by Crippen LogP contribution is -2.39. The summed E-state index contributed by atoms with van der Waals surface area (Å²) in [6.07, 6.45) is -4.64. The molecular weight excluding hydrogens is 321 g/mol. The van der Waals surface area contributed by atoms with Gasteiger partial charge >= 0.3 is 18.2 Å². The first kappa shape index (κ1) is 16.6. The van der Waals surface area contributed by atoms with Crippen molar-refractivity contribution in [3.05, 3.63) is 21.9 Å². The Kier molecular flexibility index (Phi) is 4.64. The van der Waals surface area contributed by atoms with Crippen LogP contribution in [-0.4, -0.2) is 41.3 Å². The molecule has 1 fully saturated rings. The van der Waals surface area contributed by atoms with Gasteiger partial charge < -0.3 is 15.3 Å². The number of carbonyl (C=O) groups excluding carboxylic acids is 1. The summed E-state index contributed by atoms with van der Waals surface area (Å²) < 4.78 is 38.5. The SMILES string of the molecule is Cc1ccsc1CNC(=O)N1C[C@@H](C(F)(F)F)[C@H](C(=O)O)C1. The summed E-state index contributed by atoms with van der Waals surface area (Å²) in [6, 6.07) is 1.20. The Morgan fingerprint density at radius 2 is 2.14 bits per heavy atom. The number of carboxylic acid groups (broad SMARTS) is 1. The quantitative estimate of drug-likeness (QED) is 0.891. The standard InChI is InChI=1S/C13H15F3N2O3S/c1-7-2-3-22-10(7)4-17-12(21)18-5-8(11(19)20)9(6-18)13(14,15)16/h2-3,8-9H,4-6H2,1H3,(H,17,21)(H,19,20)/t8-,9-/m1/s1. The molecule has 1 aliphatic rings. The van der Waals surface area contributed by atoms with Crippen molar-refractivity contribution >= 4 is 23.3 Å². The molecule has 2 atom stereocenters. The number of halogens is 3. The number of aryl methyl sites for hydroxylation is 1. The summed E-state index contributed by atoms with van der Waals surface area (Å²) >= 11 is 1.44. The summed E-state index contributed by atoms with van der Waals surface area (Å²) in [6.45, 7) is 1.02. The van der Waals surface area contributed by atoms with Gasteiger partial charge in [-0.15, -0.1) is 11.3 Å². The van der Waals surface area contributed by atoms with Gasteiger partial charge in [-0.2, -0.15) is 13.2 Å². The Labute approximate surface area is 128 Å². The van der Waals surface area contributed by atoms with Gasteiger partial charge in [0.15, 0.2) is 0 Å². The number of nitrogens with zero attached hydrogens (tertiary/aromatic N) is 1. The van der Waals surface area contributed by atoms with E-state index in [9.17, 15) is 22.8 Å². The van der Waals surface area contributed by atoms with Crippen molar-refractivity contribution in [2.45, 2.75) is 19.6 Å². The molecule has 0 aliphatic carbocycles. The molecule has 1 aromatic heterocycles. The van der Waals surface area contributed by atoms with Gasteiger partial charge in [0.2, 0.25) is 0 Å². The molecule has 5 nitrogen and oxygen atoms in total. The van der Waals surface area contributed by atoms with Crippen LogP contribution < -0.4 is 5.32 Å². The van der Waals surface area contributed by atoms with Crippen molar-refractivity contribution in [3.8, 4) is 0 Å². The Balaban J connectivity index is 1.99. The van der Waals surface area contributed by atoms with E-state index in [0.717, 1.165) is 15.3 Å². The van der Waals surface area contributed by atoms with Crippen LogP contribution in [0.4, 0.5) is 18.0 Å². The average Bonchev–Trinajstić information content (AvgIpc) is 3.01. The third-order valence-corrected chi connectivity index (χ3v) is 4.74. The number of aliphatic carboxylic acids is 1. The second-order valence-electron chi connectivity index (χ2n) is 5.18. The number of likely N-dealkylation sites (tertiary alicyclic amines) is 1. The highest BCUT2D eigenvalue weighted by atomic mass is 32.1. The minimum absolute atomic E-state index is 0.216. The molecular formula is C13H15F3N2O3S. The minimum Gasteiger partial charge on any atom is -0.481 e. The van der Waals surface area contributed by atoms with Crippen LogP contribution in [0.15, 0.2) is 11.4 Å². The molecule has 0 saturated carbocycles. The van der Waals surface area contributed by atoms with Gasteiger partial charge in [-0.1, -0.05) is 0 Å². The summed E-state index contributed by atoms with van der Waals surface area (Å²) in [5, 5.41) is 13.3. The molecule has 2 amide bonds. The average molecular weight is 336 g/mol.